The average Bonchev–Trinajstić information content (AvgIpc) is 3.27. The third kappa shape index (κ3) is 4.10. The molecule has 1 atom stereocenters. The van der Waals surface area contributed by atoms with Crippen LogP contribution in [-0.2, 0) is 9.59 Å². The highest BCUT2D eigenvalue weighted by Crippen LogP contribution is 2.35. The van der Waals surface area contributed by atoms with Crippen molar-refractivity contribution >= 4 is 23.2 Å². The van der Waals surface area contributed by atoms with Crippen molar-refractivity contribution in [3.63, 3.8) is 0 Å². The van der Waals surface area contributed by atoms with Gasteiger partial charge >= 0.3 is 0 Å². The van der Waals surface area contributed by atoms with Crippen molar-refractivity contribution in [3.05, 3.63) is 42.5 Å². The number of hydrogen-bond donors (Lipinski definition) is 1. The predicted octanol–water partition coefficient (Wildman–Crippen LogP) is 2.63. The lowest BCUT2D eigenvalue weighted by Gasteiger charge is -2.38. The van der Waals surface area contributed by atoms with Crippen molar-refractivity contribution in [1.82, 2.24) is 4.90 Å². The van der Waals surface area contributed by atoms with Crippen LogP contribution in [-0.4, -0.2) is 55.8 Å². The van der Waals surface area contributed by atoms with Crippen molar-refractivity contribution < 1.29 is 23.8 Å². The Balaban J connectivity index is 1.30. The molecule has 3 aliphatic heterocycles. The van der Waals surface area contributed by atoms with Crippen LogP contribution in [0.1, 0.15) is 19.3 Å². The van der Waals surface area contributed by atoms with Gasteiger partial charge in [-0.1, -0.05) is 12.1 Å². The number of piperidine rings is 1. The molecule has 162 valence electrons. The van der Waals surface area contributed by atoms with Crippen molar-refractivity contribution in [2.75, 3.05) is 43.2 Å². The molecule has 3 aliphatic rings. The summed E-state index contributed by atoms with van der Waals surface area (Å²) in [4.78, 5) is 29.6. The second-order valence-corrected chi connectivity index (χ2v) is 7.96. The van der Waals surface area contributed by atoms with E-state index in [1.165, 1.54) is 0 Å². The molecule has 2 amide bonds. The first-order valence-electron chi connectivity index (χ1n) is 10.7. The van der Waals surface area contributed by atoms with Crippen molar-refractivity contribution in [1.29, 1.82) is 0 Å². The van der Waals surface area contributed by atoms with E-state index in [-0.39, 0.29) is 25.2 Å². The van der Waals surface area contributed by atoms with Gasteiger partial charge in [-0.15, -0.1) is 0 Å². The number of benzene rings is 2. The van der Waals surface area contributed by atoms with Crippen LogP contribution >= 0.6 is 0 Å². The van der Waals surface area contributed by atoms with Crippen molar-refractivity contribution in [2.45, 2.75) is 25.4 Å². The van der Waals surface area contributed by atoms with Gasteiger partial charge < -0.3 is 29.3 Å². The fourth-order valence-electron chi connectivity index (χ4n) is 4.25. The first-order chi connectivity index (χ1) is 15.2. The molecule has 1 saturated heterocycles. The molecule has 8 heteroatoms. The largest absolute Gasteiger partial charge is 0.477 e. The molecule has 0 aromatic heterocycles. The highest BCUT2D eigenvalue weighted by molar-refractivity contribution is 5.95. The number of nitrogens with one attached hydrogen (secondary N) is 1. The Morgan fingerprint density at radius 3 is 2.65 bits per heavy atom. The summed E-state index contributed by atoms with van der Waals surface area (Å²) >= 11 is 0. The second kappa shape index (κ2) is 8.37. The van der Waals surface area contributed by atoms with E-state index in [2.05, 4.69) is 5.32 Å². The summed E-state index contributed by atoms with van der Waals surface area (Å²) in [6, 6.07) is 12.8. The van der Waals surface area contributed by atoms with Gasteiger partial charge in [0.1, 0.15) is 5.75 Å². The third-order valence-corrected chi connectivity index (χ3v) is 5.80. The number of fused-ring (bicyclic) bond motifs is 2. The summed E-state index contributed by atoms with van der Waals surface area (Å²) < 4.78 is 16.7. The van der Waals surface area contributed by atoms with E-state index in [1.54, 1.807) is 18.2 Å². The van der Waals surface area contributed by atoms with Crippen molar-refractivity contribution in [2.24, 2.45) is 0 Å². The number of anilines is 2. The van der Waals surface area contributed by atoms with Crippen LogP contribution in [0.5, 0.6) is 17.2 Å². The first-order valence-corrected chi connectivity index (χ1v) is 10.7. The number of amides is 2. The molecule has 5 rings (SSSR count). The zero-order valence-corrected chi connectivity index (χ0v) is 17.2. The monoisotopic (exact) mass is 423 g/mol. The molecule has 0 unspecified atom stereocenters. The summed E-state index contributed by atoms with van der Waals surface area (Å²) in [6.07, 6.45) is 2.59. The van der Waals surface area contributed by atoms with Gasteiger partial charge in [0.05, 0.1) is 18.8 Å². The van der Waals surface area contributed by atoms with Gasteiger partial charge in [0, 0.05) is 24.8 Å². The Kier molecular flexibility index (Phi) is 5.28. The maximum atomic E-state index is 13.0. The van der Waals surface area contributed by atoms with Crippen LogP contribution in [0.3, 0.4) is 0 Å². The van der Waals surface area contributed by atoms with Crippen LogP contribution < -0.4 is 24.4 Å². The van der Waals surface area contributed by atoms with Crippen LogP contribution in [0.25, 0.3) is 0 Å². The summed E-state index contributed by atoms with van der Waals surface area (Å²) in [5.41, 5.74) is 1.45. The van der Waals surface area contributed by atoms with Gasteiger partial charge in [-0.2, -0.15) is 0 Å². The summed E-state index contributed by atoms with van der Waals surface area (Å²) in [6.45, 7) is 2.17. The summed E-state index contributed by atoms with van der Waals surface area (Å²) in [7, 11) is 0. The van der Waals surface area contributed by atoms with Gasteiger partial charge in [-0.3, -0.25) is 9.59 Å². The SMILES string of the molecule is O=C(CN1C[C@@H](C(=O)N2CCCCC2)Oc2ccccc21)Nc1ccc2c(c1)OCO2. The highest BCUT2D eigenvalue weighted by Gasteiger charge is 2.34. The van der Waals surface area contributed by atoms with Gasteiger partial charge in [0.2, 0.25) is 12.7 Å². The molecule has 0 saturated carbocycles. The molecule has 0 bridgehead atoms. The van der Waals surface area contributed by atoms with Crippen LogP contribution in [0, 0.1) is 0 Å². The van der Waals surface area contributed by atoms with E-state index in [0.717, 1.165) is 38.0 Å². The molecule has 0 radical (unpaired) electrons. The Hall–Kier alpha value is -3.42. The molecular formula is C23H25N3O5. The number of carbonyl (C=O) groups excluding carboxylic acids is 2. The fraction of sp³-hybridized carbons (Fsp3) is 0.391. The zero-order valence-electron chi connectivity index (χ0n) is 17.2. The van der Waals surface area contributed by atoms with E-state index in [1.807, 2.05) is 34.1 Å². The molecule has 8 nitrogen and oxygen atoms in total. The maximum absolute atomic E-state index is 13.0. The van der Waals surface area contributed by atoms with Crippen LogP contribution in [0.4, 0.5) is 11.4 Å². The van der Waals surface area contributed by atoms with E-state index in [4.69, 9.17) is 14.2 Å². The van der Waals surface area contributed by atoms with E-state index < -0.39 is 6.10 Å². The number of para-hydroxylation sites is 2. The third-order valence-electron chi connectivity index (χ3n) is 5.80. The van der Waals surface area contributed by atoms with Crippen LogP contribution in [0.15, 0.2) is 42.5 Å². The highest BCUT2D eigenvalue weighted by atomic mass is 16.7. The number of nitrogens with zero attached hydrogens (tertiary/aromatic N) is 2. The predicted molar refractivity (Wildman–Crippen MR) is 115 cm³/mol. The van der Waals surface area contributed by atoms with Gasteiger partial charge in [0.25, 0.3) is 5.91 Å². The molecule has 31 heavy (non-hydrogen) atoms. The lowest BCUT2D eigenvalue weighted by atomic mass is 10.1. The molecule has 1 N–H and O–H groups in total. The Bertz CT molecular complexity index is 989. The number of likely N-dealkylation sites (tertiary alicyclic amines) is 1. The Morgan fingerprint density at radius 1 is 0.968 bits per heavy atom. The normalized spacial score (nSPS) is 19.4. The minimum absolute atomic E-state index is 0.00428. The minimum atomic E-state index is -0.619. The maximum Gasteiger partial charge on any atom is 0.265 e. The number of ether oxygens (including phenoxy) is 3. The van der Waals surface area contributed by atoms with E-state index in [9.17, 15) is 9.59 Å². The number of hydrogen-bond acceptors (Lipinski definition) is 6. The van der Waals surface area contributed by atoms with Crippen molar-refractivity contribution in [3.8, 4) is 17.2 Å². The fourth-order valence-corrected chi connectivity index (χ4v) is 4.25. The summed E-state index contributed by atoms with van der Waals surface area (Å²) in [5.74, 6) is 1.72. The number of rotatable bonds is 4. The average molecular weight is 423 g/mol. The lowest BCUT2D eigenvalue weighted by molar-refractivity contribution is -0.139. The number of carbonyl (C=O) groups is 2. The quantitative estimate of drug-likeness (QED) is 0.815. The van der Waals surface area contributed by atoms with Gasteiger partial charge in [-0.25, -0.2) is 0 Å². The molecule has 2 aromatic carbocycles. The topological polar surface area (TPSA) is 80.3 Å². The van der Waals surface area contributed by atoms with Crippen LogP contribution in [0.2, 0.25) is 0 Å². The van der Waals surface area contributed by atoms with E-state index in [0.29, 0.717) is 29.5 Å². The molecule has 3 heterocycles. The zero-order chi connectivity index (χ0) is 21.2. The van der Waals surface area contributed by atoms with Gasteiger partial charge in [-0.05, 0) is 43.5 Å². The minimum Gasteiger partial charge on any atom is -0.477 e. The summed E-state index contributed by atoms with van der Waals surface area (Å²) in [5, 5.41) is 2.90. The van der Waals surface area contributed by atoms with Gasteiger partial charge in [0.15, 0.2) is 17.6 Å². The molecule has 1 fully saturated rings. The second-order valence-electron chi connectivity index (χ2n) is 7.96. The lowest BCUT2D eigenvalue weighted by Crippen LogP contribution is -2.52. The Morgan fingerprint density at radius 2 is 1.77 bits per heavy atom. The first kappa shape index (κ1) is 19.5. The smallest absolute Gasteiger partial charge is 0.265 e. The Labute approximate surface area is 180 Å². The molecule has 0 aliphatic carbocycles. The standard InChI is InChI=1S/C23H25N3O5/c27-22(24-16-8-9-19-20(12-16)30-15-29-19)14-26-13-21(23(28)25-10-4-1-5-11-25)31-18-7-3-2-6-17(18)26/h2-3,6-9,12,21H,1,4-5,10-11,13-15H2,(H,24,27)/t21-/m0/s1. The molecule has 0 spiro atoms. The molecule has 2 aromatic rings. The molecular weight excluding hydrogens is 398 g/mol. The van der Waals surface area contributed by atoms with E-state index >= 15 is 0 Å².